The van der Waals surface area contributed by atoms with Gasteiger partial charge in [-0.2, -0.15) is 5.10 Å². The lowest BCUT2D eigenvalue weighted by Gasteiger charge is -2.33. The van der Waals surface area contributed by atoms with Gasteiger partial charge in [-0.05, 0) is 24.6 Å². The van der Waals surface area contributed by atoms with Crippen molar-refractivity contribution in [1.29, 1.82) is 0 Å². The maximum atomic E-state index is 12.3. The van der Waals surface area contributed by atoms with Gasteiger partial charge in [0.25, 0.3) is 0 Å². The van der Waals surface area contributed by atoms with E-state index in [1.165, 1.54) is 0 Å². The average Bonchev–Trinajstić information content (AvgIpc) is 3.10. The Kier molecular flexibility index (Phi) is 5.42. The molecule has 7 nitrogen and oxygen atoms in total. The van der Waals surface area contributed by atoms with Crippen LogP contribution in [0.3, 0.4) is 0 Å². The normalized spacial score (nSPS) is 16.4. The van der Waals surface area contributed by atoms with E-state index in [2.05, 4.69) is 15.4 Å². The summed E-state index contributed by atoms with van der Waals surface area (Å²) in [6.45, 7) is 3.47. The van der Waals surface area contributed by atoms with E-state index in [4.69, 9.17) is 0 Å². The maximum Gasteiger partial charge on any atom is 0.222 e. The average molecular weight is 341 g/mol. The zero-order valence-corrected chi connectivity index (χ0v) is 14.4. The standard InChI is InChI=1S/C18H23N5O2/c1-2-5-18(25)22-12-15-7-9-21-23(15)16(13-22)10-17(24)20-11-14-6-3-4-8-19-14/h3-4,6-9,16H,2,5,10-13H2,1H3,(H,20,24). The summed E-state index contributed by atoms with van der Waals surface area (Å²) in [5.74, 6) is 0.0655. The largest absolute Gasteiger partial charge is 0.350 e. The number of carbonyl (C=O) groups excluding carboxylic acids is 2. The minimum Gasteiger partial charge on any atom is -0.350 e. The number of fused-ring (bicyclic) bond motifs is 1. The third-order valence-corrected chi connectivity index (χ3v) is 4.31. The Balaban J connectivity index is 1.62. The summed E-state index contributed by atoms with van der Waals surface area (Å²) in [6, 6.07) is 7.38. The molecule has 1 atom stereocenters. The van der Waals surface area contributed by atoms with E-state index in [0.717, 1.165) is 17.8 Å². The Labute approximate surface area is 147 Å². The van der Waals surface area contributed by atoms with Gasteiger partial charge in [0.1, 0.15) is 0 Å². The smallest absolute Gasteiger partial charge is 0.222 e. The number of rotatable bonds is 6. The summed E-state index contributed by atoms with van der Waals surface area (Å²) in [4.78, 5) is 30.6. The van der Waals surface area contributed by atoms with Crippen LogP contribution >= 0.6 is 0 Å². The Morgan fingerprint density at radius 2 is 2.16 bits per heavy atom. The minimum atomic E-state index is -0.136. The summed E-state index contributed by atoms with van der Waals surface area (Å²) >= 11 is 0. The zero-order valence-electron chi connectivity index (χ0n) is 14.4. The van der Waals surface area contributed by atoms with Crippen LogP contribution in [0.5, 0.6) is 0 Å². The molecule has 0 saturated carbocycles. The summed E-state index contributed by atoms with van der Waals surface area (Å²) in [7, 11) is 0. The number of hydrogen-bond acceptors (Lipinski definition) is 4. The van der Waals surface area contributed by atoms with Gasteiger partial charge in [-0.15, -0.1) is 0 Å². The molecule has 2 aromatic rings. The Hall–Kier alpha value is -2.70. The first-order valence-corrected chi connectivity index (χ1v) is 8.64. The first-order valence-electron chi connectivity index (χ1n) is 8.64. The quantitative estimate of drug-likeness (QED) is 0.867. The third kappa shape index (κ3) is 4.23. The molecule has 0 fully saturated rings. The van der Waals surface area contributed by atoms with Crippen LogP contribution in [0.4, 0.5) is 0 Å². The van der Waals surface area contributed by atoms with Crippen LogP contribution in [-0.4, -0.2) is 38.0 Å². The van der Waals surface area contributed by atoms with Gasteiger partial charge in [0, 0.05) is 25.4 Å². The van der Waals surface area contributed by atoms with Crippen LogP contribution in [0, 0.1) is 0 Å². The number of nitrogens with zero attached hydrogens (tertiary/aromatic N) is 4. The first-order chi connectivity index (χ1) is 12.2. The molecule has 0 saturated heterocycles. The fourth-order valence-corrected chi connectivity index (χ4v) is 3.08. The van der Waals surface area contributed by atoms with Crippen molar-refractivity contribution in [3.05, 3.63) is 48.0 Å². The molecular weight excluding hydrogens is 318 g/mol. The van der Waals surface area contributed by atoms with Crippen molar-refractivity contribution < 1.29 is 9.59 Å². The van der Waals surface area contributed by atoms with Crippen LogP contribution in [0.1, 0.15) is 43.6 Å². The van der Waals surface area contributed by atoms with Crippen molar-refractivity contribution in [2.45, 2.75) is 45.3 Å². The van der Waals surface area contributed by atoms with Gasteiger partial charge >= 0.3 is 0 Å². The van der Waals surface area contributed by atoms with Crippen LogP contribution in [0.2, 0.25) is 0 Å². The Morgan fingerprint density at radius 1 is 1.28 bits per heavy atom. The molecule has 0 aliphatic carbocycles. The molecule has 2 aromatic heterocycles. The third-order valence-electron chi connectivity index (χ3n) is 4.31. The van der Waals surface area contributed by atoms with E-state index in [1.807, 2.05) is 40.8 Å². The van der Waals surface area contributed by atoms with Gasteiger partial charge in [-0.1, -0.05) is 13.0 Å². The first kappa shape index (κ1) is 17.1. The van der Waals surface area contributed by atoms with Gasteiger partial charge in [0.2, 0.25) is 11.8 Å². The number of hydrogen-bond donors (Lipinski definition) is 1. The molecule has 1 aliphatic rings. The Bertz CT molecular complexity index is 728. The second kappa shape index (κ2) is 7.92. The van der Waals surface area contributed by atoms with Crippen molar-refractivity contribution >= 4 is 11.8 Å². The summed E-state index contributed by atoms with van der Waals surface area (Å²) in [6.07, 6.45) is 5.08. The summed E-state index contributed by atoms with van der Waals surface area (Å²) in [5, 5.41) is 7.23. The fraction of sp³-hybridized carbons (Fsp3) is 0.444. The molecule has 3 rings (SSSR count). The lowest BCUT2D eigenvalue weighted by Crippen LogP contribution is -2.42. The van der Waals surface area contributed by atoms with E-state index in [9.17, 15) is 9.59 Å². The summed E-state index contributed by atoms with van der Waals surface area (Å²) in [5.41, 5.74) is 1.79. The fourth-order valence-electron chi connectivity index (χ4n) is 3.08. The molecule has 1 aliphatic heterocycles. The molecule has 0 bridgehead atoms. The number of carbonyl (C=O) groups is 2. The molecule has 0 spiro atoms. The van der Waals surface area contributed by atoms with Crippen LogP contribution in [0.25, 0.3) is 0 Å². The zero-order chi connectivity index (χ0) is 17.6. The van der Waals surface area contributed by atoms with E-state index >= 15 is 0 Å². The maximum absolute atomic E-state index is 12.3. The molecule has 2 amide bonds. The number of aromatic nitrogens is 3. The second-order valence-electron chi connectivity index (χ2n) is 6.25. The molecule has 1 N–H and O–H groups in total. The SMILES string of the molecule is CCCC(=O)N1Cc2ccnn2C(CC(=O)NCc2ccccn2)C1. The van der Waals surface area contributed by atoms with Gasteiger partial charge in [0.05, 0.1) is 36.9 Å². The van der Waals surface area contributed by atoms with E-state index in [1.54, 1.807) is 12.4 Å². The topological polar surface area (TPSA) is 80.1 Å². The van der Waals surface area contributed by atoms with E-state index < -0.39 is 0 Å². The van der Waals surface area contributed by atoms with Crippen molar-refractivity contribution in [3.63, 3.8) is 0 Å². The predicted octanol–water partition coefficient (Wildman–Crippen LogP) is 1.67. The van der Waals surface area contributed by atoms with Crippen LogP contribution in [0.15, 0.2) is 36.7 Å². The molecular formula is C18H23N5O2. The highest BCUT2D eigenvalue weighted by atomic mass is 16.2. The molecule has 1 unspecified atom stereocenters. The van der Waals surface area contributed by atoms with Crippen molar-refractivity contribution in [3.8, 4) is 0 Å². The van der Waals surface area contributed by atoms with Crippen molar-refractivity contribution in [2.24, 2.45) is 0 Å². The van der Waals surface area contributed by atoms with E-state index in [0.29, 0.717) is 26.1 Å². The molecule has 25 heavy (non-hydrogen) atoms. The molecule has 3 heterocycles. The highest BCUT2D eigenvalue weighted by molar-refractivity contribution is 5.78. The van der Waals surface area contributed by atoms with Gasteiger partial charge in [-0.25, -0.2) is 0 Å². The molecule has 0 aromatic carbocycles. The molecule has 7 heteroatoms. The van der Waals surface area contributed by atoms with Gasteiger partial charge in [-0.3, -0.25) is 19.3 Å². The van der Waals surface area contributed by atoms with Crippen molar-refractivity contribution in [2.75, 3.05) is 6.54 Å². The highest BCUT2D eigenvalue weighted by Gasteiger charge is 2.29. The lowest BCUT2D eigenvalue weighted by atomic mass is 10.1. The number of amides is 2. The van der Waals surface area contributed by atoms with Crippen LogP contribution < -0.4 is 5.32 Å². The van der Waals surface area contributed by atoms with E-state index in [-0.39, 0.29) is 24.3 Å². The predicted molar refractivity (Wildman–Crippen MR) is 92.3 cm³/mol. The molecule has 132 valence electrons. The number of nitrogens with one attached hydrogen (secondary N) is 1. The molecule has 0 radical (unpaired) electrons. The second-order valence-corrected chi connectivity index (χ2v) is 6.25. The monoisotopic (exact) mass is 341 g/mol. The highest BCUT2D eigenvalue weighted by Crippen LogP contribution is 2.23. The number of pyridine rings is 1. The van der Waals surface area contributed by atoms with Gasteiger partial charge in [0.15, 0.2) is 0 Å². The van der Waals surface area contributed by atoms with Crippen molar-refractivity contribution in [1.82, 2.24) is 25.0 Å². The Morgan fingerprint density at radius 3 is 2.92 bits per heavy atom. The minimum absolute atomic E-state index is 0.0677. The van der Waals surface area contributed by atoms with Crippen LogP contribution in [-0.2, 0) is 22.7 Å². The lowest BCUT2D eigenvalue weighted by molar-refractivity contribution is -0.134. The van der Waals surface area contributed by atoms with Gasteiger partial charge < -0.3 is 10.2 Å². The summed E-state index contributed by atoms with van der Waals surface area (Å²) < 4.78 is 1.87.